The average molecular weight is 411 g/mol. The molecule has 0 aliphatic rings. The van der Waals surface area contributed by atoms with E-state index in [9.17, 15) is 0 Å². The fourth-order valence-electron chi connectivity index (χ4n) is 2.08. The number of aromatic nitrogens is 2. The summed E-state index contributed by atoms with van der Waals surface area (Å²) in [6.07, 6.45) is 4.01. The van der Waals surface area contributed by atoms with Crippen LogP contribution in [0.3, 0.4) is 0 Å². The van der Waals surface area contributed by atoms with Gasteiger partial charge in [-0.3, -0.25) is 0 Å². The van der Waals surface area contributed by atoms with E-state index in [-0.39, 0.29) is 0 Å². The highest BCUT2D eigenvalue weighted by Gasteiger charge is 2.08. The van der Waals surface area contributed by atoms with Crippen LogP contribution in [0.5, 0.6) is 5.75 Å². The van der Waals surface area contributed by atoms with Gasteiger partial charge in [-0.05, 0) is 50.1 Å². The van der Waals surface area contributed by atoms with E-state index in [0.29, 0.717) is 6.54 Å². The summed E-state index contributed by atoms with van der Waals surface area (Å²) in [4.78, 5) is 4.56. The molecule has 3 rings (SSSR count). The third-order valence-electron chi connectivity index (χ3n) is 3.12. The summed E-state index contributed by atoms with van der Waals surface area (Å²) in [6.45, 7) is 0.644. The molecule has 0 bridgehead atoms. The predicted molar refractivity (Wildman–Crippen MR) is 90.9 cm³/mol. The Hall–Kier alpha value is -1.53. The molecule has 0 saturated carbocycles. The Morgan fingerprint density at radius 1 is 1.24 bits per heavy atom. The zero-order valence-electron chi connectivity index (χ0n) is 11.3. The van der Waals surface area contributed by atoms with Crippen LogP contribution in [-0.2, 0) is 6.54 Å². The first kappa shape index (κ1) is 14.4. The van der Waals surface area contributed by atoms with Crippen molar-refractivity contribution in [2.24, 2.45) is 0 Å². The zero-order valence-corrected chi connectivity index (χ0v) is 14.5. The lowest BCUT2D eigenvalue weighted by molar-refractivity contribution is 0.412. The lowest BCUT2D eigenvalue weighted by Crippen LogP contribution is -2.01. The molecule has 0 spiro atoms. The van der Waals surface area contributed by atoms with Gasteiger partial charge in [0.05, 0.1) is 29.5 Å². The summed E-state index contributed by atoms with van der Waals surface area (Å²) in [6, 6.07) is 9.87. The Bertz CT molecular complexity index is 753. The fourth-order valence-corrected chi connectivity index (χ4v) is 3.38. The van der Waals surface area contributed by atoms with Gasteiger partial charge in [0.1, 0.15) is 11.4 Å². The van der Waals surface area contributed by atoms with Crippen molar-refractivity contribution < 1.29 is 4.74 Å². The van der Waals surface area contributed by atoms with Gasteiger partial charge >= 0.3 is 0 Å². The molecule has 1 N–H and O–H groups in total. The molecule has 108 valence electrons. The number of nitrogens with one attached hydrogen (secondary N) is 1. The number of benzene rings is 1. The van der Waals surface area contributed by atoms with Crippen LogP contribution >= 0.6 is 31.9 Å². The fraction of sp³-hybridized carbons (Fsp3) is 0.133. The smallest absolute Gasteiger partial charge is 0.137 e. The van der Waals surface area contributed by atoms with Gasteiger partial charge in [0.15, 0.2) is 0 Å². The molecule has 0 unspecified atom stereocenters. The van der Waals surface area contributed by atoms with Crippen molar-refractivity contribution in [3.8, 4) is 5.75 Å². The molecular weight excluding hydrogens is 398 g/mol. The Morgan fingerprint density at radius 2 is 2.10 bits per heavy atom. The van der Waals surface area contributed by atoms with Crippen LogP contribution in [0.2, 0.25) is 0 Å². The molecule has 0 atom stereocenters. The molecule has 0 fully saturated rings. The van der Waals surface area contributed by atoms with Gasteiger partial charge in [-0.15, -0.1) is 0 Å². The van der Waals surface area contributed by atoms with E-state index in [1.54, 1.807) is 7.11 Å². The number of hydrogen-bond donors (Lipinski definition) is 1. The van der Waals surface area contributed by atoms with Gasteiger partial charge < -0.3 is 14.5 Å². The minimum absolute atomic E-state index is 0.644. The summed E-state index contributed by atoms with van der Waals surface area (Å²) in [7, 11) is 1.65. The first-order valence-corrected chi connectivity index (χ1v) is 7.95. The van der Waals surface area contributed by atoms with Crippen molar-refractivity contribution in [1.82, 2.24) is 9.38 Å². The van der Waals surface area contributed by atoms with E-state index in [4.69, 9.17) is 4.74 Å². The van der Waals surface area contributed by atoms with Crippen molar-refractivity contribution in [2.45, 2.75) is 6.54 Å². The van der Waals surface area contributed by atoms with Gasteiger partial charge in [0.25, 0.3) is 0 Å². The number of hydrogen-bond acceptors (Lipinski definition) is 3. The van der Waals surface area contributed by atoms with Crippen molar-refractivity contribution in [3.63, 3.8) is 0 Å². The third-order valence-corrected chi connectivity index (χ3v) is 4.39. The normalized spacial score (nSPS) is 10.8. The number of methoxy groups -OCH3 is 1. The number of pyridine rings is 1. The molecule has 1 aromatic carbocycles. The highest BCUT2D eigenvalue weighted by Crippen LogP contribution is 2.34. The molecule has 6 heteroatoms. The quantitative estimate of drug-likeness (QED) is 0.689. The van der Waals surface area contributed by atoms with E-state index in [1.807, 2.05) is 47.1 Å². The highest BCUT2D eigenvalue weighted by atomic mass is 79.9. The first-order valence-electron chi connectivity index (χ1n) is 6.37. The molecule has 2 heterocycles. The lowest BCUT2D eigenvalue weighted by atomic mass is 10.3. The molecule has 21 heavy (non-hydrogen) atoms. The van der Waals surface area contributed by atoms with E-state index in [1.165, 1.54) is 0 Å². The standard InChI is InChI=1S/C15H13Br2N3O/c1-21-14-7-13(11(16)6-12(14)17)18-8-10-9-20-5-3-2-4-15(20)19-10/h2-7,9,18H,8H2,1H3. The molecule has 0 amide bonds. The molecule has 4 nitrogen and oxygen atoms in total. The van der Waals surface area contributed by atoms with E-state index in [0.717, 1.165) is 31.7 Å². The summed E-state index contributed by atoms with van der Waals surface area (Å²) >= 11 is 7.01. The molecule has 3 aromatic rings. The van der Waals surface area contributed by atoms with Crippen LogP contribution in [-0.4, -0.2) is 16.5 Å². The number of anilines is 1. The molecule has 0 saturated heterocycles. The maximum absolute atomic E-state index is 5.31. The monoisotopic (exact) mass is 409 g/mol. The number of imidazole rings is 1. The summed E-state index contributed by atoms with van der Waals surface area (Å²) < 4.78 is 9.20. The number of nitrogens with zero attached hydrogens (tertiary/aromatic N) is 2. The third kappa shape index (κ3) is 3.06. The minimum atomic E-state index is 0.644. The van der Waals surface area contributed by atoms with Crippen molar-refractivity contribution in [1.29, 1.82) is 0 Å². The summed E-state index contributed by atoms with van der Waals surface area (Å²) in [5, 5.41) is 3.37. The van der Waals surface area contributed by atoms with Gasteiger partial charge in [-0.1, -0.05) is 6.07 Å². The van der Waals surface area contributed by atoms with Crippen LogP contribution in [0, 0.1) is 0 Å². The van der Waals surface area contributed by atoms with Gasteiger partial charge in [0, 0.05) is 22.9 Å². The van der Waals surface area contributed by atoms with Crippen molar-refractivity contribution >= 4 is 43.2 Å². The lowest BCUT2D eigenvalue weighted by Gasteiger charge is -2.11. The Balaban J connectivity index is 1.81. The summed E-state index contributed by atoms with van der Waals surface area (Å²) in [5.74, 6) is 0.788. The molecule has 2 aromatic heterocycles. The second-order valence-corrected chi connectivity index (χ2v) is 6.23. The van der Waals surface area contributed by atoms with E-state index < -0.39 is 0 Å². The SMILES string of the molecule is COc1cc(NCc2cn3ccccc3n2)c(Br)cc1Br. The van der Waals surface area contributed by atoms with Crippen LogP contribution in [0.1, 0.15) is 5.69 Å². The number of ether oxygens (including phenoxy) is 1. The van der Waals surface area contributed by atoms with Crippen LogP contribution < -0.4 is 10.1 Å². The van der Waals surface area contributed by atoms with Crippen molar-refractivity contribution in [3.05, 3.63) is 57.4 Å². The predicted octanol–water partition coefficient (Wildman–Crippen LogP) is 4.48. The number of fused-ring (bicyclic) bond motifs is 1. The largest absolute Gasteiger partial charge is 0.495 e. The Labute approximate surface area is 139 Å². The van der Waals surface area contributed by atoms with E-state index >= 15 is 0 Å². The maximum Gasteiger partial charge on any atom is 0.137 e. The van der Waals surface area contributed by atoms with E-state index in [2.05, 4.69) is 42.2 Å². The molecule has 0 aliphatic carbocycles. The zero-order chi connectivity index (χ0) is 14.8. The highest BCUT2D eigenvalue weighted by molar-refractivity contribution is 9.11. The number of halogens is 2. The van der Waals surface area contributed by atoms with Crippen LogP contribution in [0.15, 0.2) is 51.7 Å². The minimum Gasteiger partial charge on any atom is -0.495 e. The topological polar surface area (TPSA) is 38.6 Å². The van der Waals surface area contributed by atoms with Crippen molar-refractivity contribution in [2.75, 3.05) is 12.4 Å². The molecule has 0 aliphatic heterocycles. The van der Waals surface area contributed by atoms with Crippen LogP contribution in [0.4, 0.5) is 5.69 Å². The Kier molecular flexibility index (Phi) is 4.17. The maximum atomic E-state index is 5.31. The first-order chi connectivity index (χ1) is 10.2. The van der Waals surface area contributed by atoms with Crippen LogP contribution in [0.25, 0.3) is 5.65 Å². The van der Waals surface area contributed by atoms with Gasteiger partial charge in [-0.2, -0.15) is 0 Å². The van der Waals surface area contributed by atoms with Gasteiger partial charge in [-0.25, -0.2) is 4.98 Å². The Morgan fingerprint density at radius 3 is 2.86 bits per heavy atom. The van der Waals surface area contributed by atoms with Gasteiger partial charge in [0.2, 0.25) is 0 Å². The molecule has 0 radical (unpaired) electrons. The second kappa shape index (κ2) is 6.07. The average Bonchev–Trinajstić information content (AvgIpc) is 2.89. The molecular formula is C15H13Br2N3O. The number of rotatable bonds is 4. The second-order valence-electron chi connectivity index (χ2n) is 4.52. The summed E-state index contributed by atoms with van der Waals surface area (Å²) in [5.41, 5.74) is 2.89.